The fraction of sp³-hybridized carbons (Fsp3) is 0.875. The van der Waals surface area contributed by atoms with Gasteiger partial charge in [-0.3, -0.25) is 9.59 Å². The van der Waals surface area contributed by atoms with Gasteiger partial charge in [-0.15, -0.1) is 11.8 Å². The summed E-state index contributed by atoms with van der Waals surface area (Å²) in [6, 6.07) is -0.256. The van der Waals surface area contributed by atoms with E-state index in [1.807, 2.05) is 9.80 Å². The summed E-state index contributed by atoms with van der Waals surface area (Å²) >= 11 is 1.70. The Morgan fingerprint density at radius 2 is 2.00 bits per heavy atom. The van der Waals surface area contributed by atoms with Gasteiger partial charge in [-0.25, -0.2) is 0 Å². The van der Waals surface area contributed by atoms with Gasteiger partial charge in [0.15, 0.2) is 0 Å². The molecule has 0 aromatic rings. The van der Waals surface area contributed by atoms with Crippen molar-refractivity contribution in [3.8, 4) is 0 Å². The lowest BCUT2D eigenvalue weighted by atomic mass is 10.1. The third-order valence-electron chi connectivity index (χ3n) is 5.06. The predicted octanol–water partition coefficient (Wildman–Crippen LogP) is 1.72. The number of rotatable bonds is 3. The SMILES string of the molecule is CC[C@H]1CN(C(=O)[C@@H]2CSCN2C(=O)C2CCCC2)CCO1. The number of carbonyl (C=O) groups is 2. The van der Waals surface area contributed by atoms with Crippen LogP contribution in [0, 0.1) is 5.92 Å². The normalized spacial score (nSPS) is 30.0. The monoisotopic (exact) mass is 326 g/mol. The Morgan fingerprint density at radius 1 is 1.23 bits per heavy atom. The van der Waals surface area contributed by atoms with Crippen molar-refractivity contribution in [2.75, 3.05) is 31.3 Å². The Balaban J connectivity index is 1.64. The molecule has 0 spiro atoms. The molecule has 0 aromatic carbocycles. The van der Waals surface area contributed by atoms with Gasteiger partial charge >= 0.3 is 0 Å². The van der Waals surface area contributed by atoms with Crippen LogP contribution in [0.25, 0.3) is 0 Å². The Kier molecular flexibility index (Phi) is 5.29. The Morgan fingerprint density at radius 3 is 2.73 bits per heavy atom. The first-order valence-corrected chi connectivity index (χ1v) is 9.64. The molecule has 2 amide bonds. The maximum atomic E-state index is 12.9. The third-order valence-corrected chi connectivity index (χ3v) is 6.07. The summed E-state index contributed by atoms with van der Waals surface area (Å²) in [6.45, 7) is 4.02. The molecule has 3 aliphatic rings. The molecule has 1 aliphatic carbocycles. The molecule has 0 N–H and O–H groups in total. The van der Waals surface area contributed by atoms with Gasteiger partial charge in [0.05, 0.1) is 18.6 Å². The maximum Gasteiger partial charge on any atom is 0.246 e. The molecular weight excluding hydrogens is 300 g/mol. The van der Waals surface area contributed by atoms with Gasteiger partial charge in [0.1, 0.15) is 6.04 Å². The van der Waals surface area contributed by atoms with E-state index in [0.29, 0.717) is 25.6 Å². The van der Waals surface area contributed by atoms with Crippen molar-refractivity contribution in [3.63, 3.8) is 0 Å². The second-order valence-electron chi connectivity index (χ2n) is 6.49. The summed E-state index contributed by atoms with van der Waals surface area (Å²) in [5.41, 5.74) is 0. The van der Waals surface area contributed by atoms with Crippen LogP contribution in [0.2, 0.25) is 0 Å². The molecule has 22 heavy (non-hydrogen) atoms. The number of carbonyl (C=O) groups excluding carboxylic acids is 2. The van der Waals surface area contributed by atoms with Gasteiger partial charge in [-0.1, -0.05) is 19.8 Å². The van der Waals surface area contributed by atoms with Gasteiger partial charge in [-0.05, 0) is 19.3 Å². The largest absolute Gasteiger partial charge is 0.375 e. The number of morpholine rings is 1. The average molecular weight is 326 g/mol. The average Bonchev–Trinajstić information content (AvgIpc) is 3.24. The second-order valence-corrected chi connectivity index (χ2v) is 7.49. The van der Waals surface area contributed by atoms with Gasteiger partial charge in [0.2, 0.25) is 11.8 Å². The first-order chi connectivity index (χ1) is 10.7. The molecule has 0 unspecified atom stereocenters. The van der Waals surface area contributed by atoms with Gasteiger partial charge in [0, 0.05) is 24.8 Å². The predicted molar refractivity (Wildman–Crippen MR) is 86.5 cm³/mol. The van der Waals surface area contributed by atoms with E-state index in [2.05, 4.69) is 6.92 Å². The minimum absolute atomic E-state index is 0.123. The van der Waals surface area contributed by atoms with Crippen molar-refractivity contribution in [1.29, 1.82) is 0 Å². The maximum absolute atomic E-state index is 12.9. The van der Waals surface area contributed by atoms with Crippen LogP contribution < -0.4 is 0 Å². The molecule has 2 heterocycles. The molecule has 0 radical (unpaired) electrons. The van der Waals surface area contributed by atoms with E-state index in [1.54, 1.807) is 11.8 Å². The number of hydrogen-bond donors (Lipinski definition) is 0. The van der Waals surface area contributed by atoms with Crippen LogP contribution in [0.4, 0.5) is 0 Å². The van der Waals surface area contributed by atoms with Crippen LogP contribution in [0.3, 0.4) is 0 Å². The molecule has 0 bridgehead atoms. The Bertz CT molecular complexity index is 426. The van der Waals surface area contributed by atoms with E-state index in [1.165, 1.54) is 0 Å². The standard InChI is InChI=1S/C16H26N2O3S/c1-2-13-9-17(7-8-21-13)16(20)14-10-22-11-18(14)15(19)12-5-3-4-6-12/h12-14H,2-11H2,1H3/t13-,14-/m0/s1. The van der Waals surface area contributed by atoms with Crippen LogP contribution in [-0.4, -0.2) is 65.1 Å². The van der Waals surface area contributed by atoms with E-state index >= 15 is 0 Å². The molecule has 0 aromatic heterocycles. The number of nitrogens with zero attached hydrogens (tertiary/aromatic N) is 2. The van der Waals surface area contributed by atoms with Crippen LogP contribution in [0.15, 0.2) is 0 Å². The van der Waals surface area contributed by atoms with E-state index in [9.17, 15) is 9.59 Å². The molecule has 5 nitrogen and oxygen atoms in total. The summed E-state index contributed by atoms with van der Waals surface area (Å²) < 4.78 is 5.65. The van der Waals surface area contributed by atoms with Crippen LogP contribution in [0.1, 0.15) is 39.0 Å². The van der Waals surface area contributed by atoms with Crippen molar-refractivity contribution in [2.24, 2.45) is 5.92 Å². The van der Waals surface area contributed by atoms with Gasteiger partial charge in [-0.2, -0.15) is 0 Å². The summed E-state index contributed by atoms with van der Waals surface area (Å²) in [5, 5.41) is 0. The van der Waals surface area contributed by atoms with Crippen molar-refractivity contribution in [2.45, 2.75) is 51.2 Å². The summed E-state index contributed by atoms with van der Waals surface area (Å²) in [5.74, 6) is 1.90. The van der Waals surface area contributed by atoms with Crippen molar-refractivity contribution >= 4 is 23.6 Å². The minimum Gasteiger partial charge on any atom is -0.375 e. The molecule has 124 valence electrons. The number of ether oxygens (including phenoxy) is 1. The van der Waals surface area contributed by atoms with E-state index in [4.69, 9.17) is 4.74 Å². The van der Waals surface area contributed by atoms with Crippen LogP contribution in [0.5, 0.6) is 0 Å². The second kappa shape index (κ2) is 7.21. The number of amides is 2. The quantitative estimate of drug-likeness (QED) is 0.792. The zero-order chi connectivity index (χ0) is 15.5. The molecule has 6 heteroatoms. The van der Waals surface area contributed by atoms with E-state index in [-0.39, 0.29) is 29.9 Å². The number of thioether (sulfide) groups is 1. The Labute approximate surface area is 136 Å². The fourth-order valence-corrected chi connectivity index (χ4v) is 4.80. The van der Waals surface area contributed by atoms with E-state index in [0.717, 1.165) is 37.9 Å². The highest BCUT2D eigenvalue weighted by Gasteiger charge is 2.40. The zero-order valence-corrected chi connectivity index (χ0v) is 14.1. The highest BCUT2D eigenvalue weighted by atomic mass is 32.2. The lowest BCUT2D eigenvalue weighted by Gasteiger charge is -2.36. The molecule has 2 atom stereocenters. The topological polar surface area (TPSA) is 49.9 Å². The van der Waals surface area contributed by atoms with Crippen molar-refractivity contribution in [3.05, 3.63) is 0 Å². The summed E-state index contributed by atoms with van der Waals surface area (Å²) in [7, 11) is 0. The summed E-state index contributed by atoms with van der Waals surface area (Å²) in [4.78, 5) is 29.3. The highest BCUT2D eigenvalue weighted by Crippen LogP contribution is 2.31. The van der Waals surface area contributed by atoms with E-state index < -0.39 is 0 Å². The molecule has 2 aliphatic heterocycles. The third kappa shape index (κ3) is 3.27. The fourth-order valence-electron chi connectivity index (χ4n) is 3.65. The van der Waals surface area contributed by atoms with Gasteiger partial charge in [0.25, 0.3) is 0 Å². The van der Waals surface area contributed by atoms with Gasteiger partial charge < -0.3 is 14.5 Å². The first-order valence-electron chi connectivity index (χ1n) is 8.49. The first kappa shape index (κ1) is 16.1. The molecule has 1 saturated carbocycles. The molecule has 2 saturated heterocycles. The minimum atomic E-state index is -0.256. The lowest BCUT2D eigenvalue weighted by molar-refractivity contribution is -0.149. The Hall–Kier alpha value is -0.750. The highest BCUT2D eigenvalue weighted by molar-refractivity contribution is 7.99. The lowest BCUT2D eigenvalue weighted by Crippen LogP contribution is -2.54. The molecular formula is C16H26N2O3S. The molecule has 3 fully saturated rings. The molecule has 3 rings (SSSR count). The smallest absolute Gasteiger partial charge is 0.246 e. The van der Waals surface area contributed by atoms with Crippen LogP contribution >= 0.6 is 11.8 Å². The zero-order valence-electron chi connectivity index (χ0n) is 13.3. The number of hydrogen-bond acceptors (Lipinski definition) is 4. The summed E-state index contributed by atoms with van der Waals surface area (Å²) in [6.07, 6.45) is 5.36. The van der Waals surface area contributed by atoms with Crippen molar-refractivity contribution in [1.82, 2.24) is 9.80 Å². The van der Waals surface area contributed by atoms with Crippen molar-refractivity contribution < 1.29 is 14.3 Å². The van der Waals surface area contributed by atoms with Crippen LogP contribution in [-0.2, 0) is 14.3 Å².